The monoisotopic (exact) mass is 312 g/mol. The summed E-state index contributed by atoms with van der Waals surface area (Å²) in [7, 11) is 0. The van der Waals surface area contributed by atoms with Crippen LogP contribution in [0.2, 0.25) is 0 Å². The average Bonchev–Trinajstić information content (AvgIpc) is 2.44. The number of hydrogen-bond donors (Lipinski definition) is 0. The summed E-state index contributed by atoms with van der Waals surface area (Å²) in [6.45, 7) is 4.36. The van der Waals surface area contributed by atoms with Crippen LogP contribution in [0.15, 0.2) is 60.7 Å². The summed E-state index contributed by atoms with van der Waals surface area (Å²) in [5.74, 6) is 0. The molecule has 0 unspecified atom stereocenters. The molecule has 0 saturated carbocycles. The fraction of sp³-hybridized carbons (Fsp3) is 0.111. The Labute approximate surface area is 120 Å². The van der Waals surface area contributed by atoms with Crippen LogP contribution in [0.5, 0.6) is 0 Å². The quantitative estimate of drug-likeness (QED) is 0.638. The van der Waals surface area contributed by atoms with Crippen LogP contribution in [-0.4, -0.2) is 15.0 Å². The van der Waals surface area contributed by atoms with Gasteiger partial charge in [-0.3, -0.25) is 0 Å². The summed E-state index contributed by atoms with van der Waals surface area (Å²) < 4.78 is 2.95. The Morgan fingerprint density at radius 3 is 2.26 bits per heavy atom. The third kappa shape index (κ3) is 2.58. The first kappa shape index (κ1) is 12.5. The van der Waals surface area contributed by atoms with Gasteiger partial charge in [0, 0.05) is 0 Å². The summed E-state index contributed by atoms with van der Waals surface area (Å²) in [6.07, 6.45) is 0. The van der Waals surface area contributed by atoms with E-state index in [4.69, 9.17) is 0 Å². The van der Waals surface area contributed by atoms with Gasteiger partial charge in [-0.05, 0) is 0 Å². The van der Waals surface area contributed by atoms with Crippen molar-refractivity contribution in [3.63, 3.8) is 0 Å². The van der Waals surface area contributed by atoms with Crippen LogP contribution >= 0.6 is 0 Å². The van der Waals surface area contributed by atoms with Crippen molar-refractivity contribution in [1.82, 2.24) is 0 Å². The first-order valence-corrected chi connectivity index (χ1v) is 8.18. The van der Waals surface area contributed by atoms with Crippen molar-refractivity contribution in [2.45, 2.75) is 13.8 Å². The fourth-order valence-electron chi connectivity index (χ4n) is 2.21. The minimum atomic E-state index is 0.374. The number of benzene rings is 3. The molecule has 0 aliphatic rings. The zero-order valence-corrected chi connectivity index (χ0v) is 12.9. The fourth-order valence-corrected chi connectivity index (χ4v) is 4.38. The molecular formula is C18H16Se. The second kappa shape index (κ2) is 5.20. The van der Waals surface area contributed by atoms with Gasteiger partial charge in [-0.1, -0.05) is 0 Å². The molecule has 3 aromatic rings. The Kier molecular flexibility index (Phi) is 3.42. The Morgan fingerprint density at radius 2 is 1.47 bits per heavy atom. The molecule has 0 saturated heterocycles. The van der Waals surface area contributed by atoms with E-state index in [1.807, 2.05) is 0 Å². The van der Waals surface area contributed by atoms with Gasteiger partial charge in [-0.25, -0.2) is 0 Å². The summed E-state index contributed by atoms with van der Waals surface area (Å²) in [4.78, 5) is 0. The van der Waals surface area contributed by atoms with Crippen LogP contribution in [0.4, 0.5) is 0 Å². The van der Waals surface area contributed by atoms with E-state index in [0.717, 1.165) is 0 Å². The van der Waals surface area contributed by atoms with Gasteiger partial charge in [-0.2, -0.15) is 0 Å². The third-order valence-electron chi connectivity index (χ3n) is 3.32. The molecule has 0 atom stereocenters. The molecule has 0 N–H and O–H groups in total. The molecule has 0 aliphatic carbocycles. The van der Waals surface area contributed by atoms with E-state index in [-0.39, 0.29) is 0 Å². The maximum absolute atomic E-state index is 2.26. The molecule has 0 aromatic heterocycles. The molecule has 94 valence electrons. The molecule has 0 bridgehead atoms. The molecule has 3 aromatic carbocycles. The summed E-state index contributed by atoms with van der Waals surface area (Å²) in [5.41, 5.74) is 2.73. The van der Waals surface area contributed by atoms with Crippen LogP contribution in [-0.2, 0) is 0 Å². The van der Waals surface area contributed by atoms with E-state index in [1.54, 1.807) is 0 Å². The van der Waals surface area contributed by atoms with Crippen molar-refractivity contribution in [2.75, 3.05) is 0 Å². The van der Waals surface area contributed by atoms with Gasteiger partial charge in [0.2, 0.25) is 0 Å². The predicted molar refractivity (Wildman–Crippen MR) is 84.9 cm³/mol. The molecule has 0 spiro atoms. The van der Waals surface area contributed by atoms with Gasteiger partial charge in [0.25, 0.3) is 0 Å². The van der Waals surface area contributed by atoms with Gasteiger partial charge in [0.05, 0.1) is 0 Å². The molecule has 3 rings (SSSR count). The van der Waals surface area contributed by atoms with Crippen LogP contribution < -0.4 is 8.92 Å². The van der Waals surface area contributed by atoms with Crippen molar-refractivity contribution in [1.29, 1.82) is 0 Å². The van der Waals surface area contributed by atoms with Crippen LogP contribution in [0.3, 0.4) is 0 Å². The van der Waals surface area contributed by atoms with Gasteiger partial charge < -0.3 is 0 Å². The summed E-state index contributed by atoms with van der Waals surface area (Å²) in [5, 5.41) is 2.75. The minimum absolute atomic E-state index is 0.374. The van der Waals surface area contributed by atoms with Crippen LogP contribution in [0.1, 0.15) is 11.1 Å². The molecule has 1 heteroatoms. The second-order valence-electron chi connectivity index (χ2n) is 4.85. The zero-order chi connectivity index (χ0) is 13.2. The standard InChI is InChI=1S/C18H16Se/c1-13-7-11-16(12-8-13)19-18-14(2)9-10-15-5-3-4-6-17(15)18/h3-12H,1-2H3. The van der Waals surface area contributed by atoms with Crippen molar-refractivity contribution >= 4 is 34.7 Å². The van der Waals surface area contributed by atoms with E-state index in [1.165, 1.54) is 30.8 Å². The normalized spacial score (nSPS) is 10.8. The van der Waals surface area contributed by atoms with E-state index < -0.39 is 0 Å². The van der Waals surface area contributed by atoms with Crippen molar-refractivity contribution in [3.05, 3.63) is 71.8 Å². The van der Waals surface area contributed by atoms with Gasteiger partial charge in [-0.15, -0.1) is 0 Å². The van der Waals surface area contributed by atoms with Crippen LogP contribution in [0, 0.1) is 13.8 Å². The number of hydrogen-bond acceptors (Lipinski definition) is 0. The van der Waals surface area contributed by atoms with Gasteiger partial charge >= 0.3 is 120 Å². The Balaban J connectivity index is 2.09. The molecule has 0 aliphatic heterocycles. The molecule has 19 heavy (non-hydrogen) atoms. The van der Waals surface area contributed by atoms with E-state index >= 15 is 0 Å². The summed E-state index contributed by atoms with van der Waals surface area (Å²) >= 11 is 0.374. The zero-order valence-electron chi connectivity index (χ0n) is 11.2. The molecule has 0 nitrogen and oxygen atoms in total. The molecule has 0 heterocycles. The SMILES string of the molecule is Cc1ccc([Se]c2c(C)ccc3ccccc23)cc1. The van der Waals surface area contributed by atoms with Crippen LogP contribution in [0.25, 0.3) is 10.8 Å². The topological polar surface area (TPSA) is 0 Å². The van der Waals surface area contributed by atoms with E-state index in [0.29, 0.717) is 15.0 Å². The van der Waals surface area contributed by atoms with E-state index in [9.17, 15) is 0 Å². The second-order valence-corrected chi connectivity index (χ2v) is 7.12. The molecule has 0 amide bonds. The number of fused-ring (bicyclic) bond motifs is 1. The van der Waals surface area contributed by atoms with Gasteiger partial charge in [0.1, 0.15) is 0 Å². The number of aryl methyl sites for hydroxylation is 2. The molecular weight excluding hydrogens is 295 g/mol. The predicted octanol–water partition coefficient (Wildman–Crippen LogP) is 3.11. The maximum atomic E-state index is 2.26. The van der Waals surface area contributed by atoms with E-state index in [2.05, 4.69) is 74.5 Å². The Bertz CT molecular complexity index is 711. The molecule has 0 radical (unpaired) electrons. The third-order valence-corrected chi connectivity index (χ3v) is 5.95. The Hall–Kier alpha value is -1.56. The summed E-state index contributed by atoms with van der Waals surface area (Å²) in [6, 6.07) is 22.1. The first-order chi connectivity index (χ1) is 9.24. The van der Waals surface area contributed by atoms with Gasteiger partial charge in [0.15, 0.2) is 0 Å². The number of rotatable bonds is 2. The molecule has 0 fully saturated rings. The first-order valence-electron chi connectivity index (χ1n) is 6.47. The van der Waals surface area contributed by atoms with Crippen molar-refractivity contribution < 1.29 is 0 Å². The van der Waals surface area contributed by atoms with Crippen molar-refractivity contribution in [3.8, 4) is 0 Å². The Morgan fingerprint density at radius 1 is 0.737 bits per heavy atom. The average molecular weight is 311 g/mol. The van der Waals surface area contributed by atoms with Crippen molar-refractivity contribution in [2.24, 2.45) is 0 Å².